The van der Waals surface area contributed by atoms with Crippen LogP contribution in [0.25, 0.3) is 0 Å². The van der Waals surface area contributed by atoms with Crippen molar-refractivity contribution in [3.63, 3.8) is 0 Å². The van der Waals surface area contributed by atoms with Crippen molar-refractivity contribution >= 4 is 23.4 Å². The summed E-state index contributed by atoms with van der Waals surface area (Å²) in [5.41, 5.74) is -0.173. The summed E-state index contributed by atoms with van der Waals surface area (Å²) in [7, 11) is 0. The van der Waals surface area contributed by atoms with Crippen molar-refractivity contribution in [2.45, 2.75) is 10.1 Å². The third kappa shape index (κ3) is 2.81. The Hall–Kier alpha value is -1.33. The molecule has 0 aliphatic heterocycles. The van der Waals surface area contributed by atoms with Gasteiger partial charge in [0.25, 0.3) is 5.56 Å². The largest absolute Gasteiger partial charge is 0.301 e. The second kappa shape index (κ2) is 4.46. The van der Waals surface area contributed by atoms with E-state index in [4.69, 9.17) is 11.6 Å². The number of nitrogens with one attached hydrogen (secondary N) is 1. The highest BCUT2D eigenvalue weighted by Gasteiger charge is 2.00. The number of aromatic amines is 1. The second-order valence-electron chi connectivity index (χ2n) is 2.66. The standard InChI is InChI=1S/C9H6ClN3OS/c10-7-5-6(1-3-11-7)15-9-12-4-2-8(14)13-9/h1-5H,(H,12,13,14). The average molecular weight is 240 g/mol. The van der Waals surface area contributed by atoms with Gasteiger partial charge < -0.3 is 4.98 Å². The van der Waals surface area contributed by atoms with E-state index < -0.39 is 0 Å². The molecule has 1 N–H and O–H groups in total. The molecule has 2 heterocycles. The first-order valence-corrected chi connectivity index (χ1v) is 5.28. The summed E-state index contributed by atoms with van der Waals surface area (Å²) < 4.78 is 0. The molecule has 0 fully saturated rings. The third-order valence-corrected chi connectivity index (χ3v) is 2.66. The van der Waals surface area contributed by atoms with Crippen LogP contribution in [0.4, 0.5) is 0 Å². The summed E-state index contributed by atoms with van der Waals surface area (Å²) >= 11 is 7.05. The van der Waals surface area contributed by atoms with E-state index >= 15 is 0 Å². The van der Waals surface area contributed by atoms with Gasteiger partial charge in [-0.15, -0.1) is 0 Å². The number of hydrogen-bond acceptors (Lipinski definition) is 4. The monoisotopic (exact) mass is 239 g/mol. The van der Waals surface area contributed by atoms with E-state index in [1.807, 2.05) is 0 Å². The minimum atomic E-state index is -0.173. The maximum atomic E-state index is 11.0. The number of hydrogen-bond donors (Lipinski definition) is 1. The molecule has 0 unspecified atom stereocenters. The summed E-state index contributed by atoms with van der Waals surface area (Å²) in [5.74, 6) is 0. The average Bonchev–Trinajstić information content (AvgIpc) is 2.17. The zero-order valence-electron chi connectivity index (χ0n) is 7.48. The molecule has 0 radical (unpaired) electrons. The van der Waals surface area contributed by atoms with Crippen molar-refractivity contribution in [2.24, 2.45) is 0 Å². The first-order valence-electron chi connectivity index (χ1n) is 4.09. The Morgan fingerprint density at radius 3 is 2.80 bits per heavy atom. The van der Waals surface area contributed by atoms with E-state index in [0.717, 1.165) is 4.90 Å². The Labute approximate surface area is 94.7 Å². The van der Waals surface area contributed by atoms with Gasteiger partial charge in [-0.25, -0.2) is 9.97 Å². The number of halogens is 1. The van der Waals surface area contributed by atoms with E-state index in [-0.39, 0.29) is 5.56 Å². The lowest BCUT2D eigenvalue weighted by atomic mass is 10.5. The van der Waals surface area contributed by atoms with Crippen LogP contribution >= 0.6 is 23.4 Å². The molecule has 15 heavy (non-hydrogen) atoms. The van der Waals surface area contributed by atoms with Crippen LogP contribution in [0, 0.1) is 0 Å². The van der Waals surface area contributed by atoms with Crippen LogP contribution in [0.2, 0.25) is 5.15 Å². The zero-order chi connectivity index (χ0) is 10.7. The number of H-pyrrole nitrogens is 1. The lowest BCUT2D eigenvalue weighted by Gasteiger charge is -1.99. The molecule has 0 saturated carbocycles. The molecule has 6 heteroatoms. The fourth-order valence-corrected chi connectivity index (χ4v) is 1.99. The van der Waals surface area contributed by atoms with Crippen LogP contribution in [0.3, 0.4) is 0 Å². The van der Waals surface area contributed by atoms with Gasteiger partial charge >= 0.3 is 0 Å². The molecule has 0 saturated heterocycles. The number of aromatic nitrogens is 3. The van der Waals surface area contributed by atoms with Crippen LogP contribution < -0.4 is 5.56 Å². The van der Waals surface area contributed by atoms with E-state index in [0.29, 0.717) is 10.3 Å². The topological polar surface area (TPSA) is 58.6 Å². The minimum absolute atomic E-state index is 0.173. The maximum Gasteiger partial charge on any atom is 0.251 e. The van der Waals surface area contributed by atoms with E-state index in [2.05, 4.69) is 15.0 Å². The molecule has 0 aromatic carbocycles. The number of nitrogens with zero attached hydrogens (tertiary/aromatic N) is 2. The van der Waals surface area contributed by atoms with Gasteiger partial charge in [-0.3, -0.25) is 4.79 Å². The van der Waals surface area contributed by atoms with Crippen LogP contribution in [0.5, 0.6) is 0 Å². The Bertz CT molecular complexity index is 529. The highest BCUT2D eigenvalue weighted by Crippen LogP contribution is 2.24. The van der Waals surface area contributed by atoms with Gasteiger partial charge in [0.15, 0.2) is 5.16 Å². The third-order valence-electron chi connectivity index (χ3n) is 1.56. The van der Waals surface area contributed by atoms with Crippen molar-refractivity contribution in [3.8, 4) is 0 Å². The highest BCUT2D eigenvalue weighted by atomic mass is 35.5. The summed E-state index contributed by atoms with van der Waals surface area (Å²) in [4.78, 5) is 22.4. The van der Waals surface area contributed by atoms with Crippen LogP contribution in [-0.4, -0.2) is 15.0 Å². The van der Waals surface area contributed by atoms with Gasteiger partial charge in [0.1, 0.15) is 5.15 Å². The molecule has 2 aromatic heterocycles. The smallest absolute Gasteiger partial charge is 0.251 e. The molecule has 2 aromatic rings. The maximum absolute atomic E-state index is 11.0. The van der Waals surface area contributed by atoms with Crippen LogP contribution in [0.15, 0.2) is 45.4 Å². The highest BCUT2D eigenvalue weighted by molar-refractivity contribution is 7.99. The lowest BCUT2D eigenvalue weighted by Crippen LogP contribution is -2.04. The molecule has 0 bridgehead atoms. The SMILES string of the molecule is O=c1ccnc(Sc2ccnc(Cl)c2)[nH]1. The Balaban J connectivity index is 2.26. The molecule has 0 aliphatic rings. The normalized spacial score (nSPS) is 10.2. The summed E-state index contributed by atoms with van der Waals surface area (Å²) in [5, 5.41) is 0.947. The summed E-state index contributed by atoms with van der Waals surface area (Å²) in [6, 6.07) is 4.87. The van der Waals surface area contributed by atoms with Crippen molar-refractivity contribution in [3.05, 3.63) is 46.1 Å². The molecule has 0 atom stereocenters. The second-order valence-corrected chi connectivity index (χ2v) is 4.11. The molecular formula is C9H6ClN3OS. The van der Waals surface area contributed by atoms with Gasteiger partial charge in [-0.2, -0.15) is 0 Å². The van der Waals surface area contributed by atoms with Crippen LogP contribution in [0.1, 0.15) is 0 Å². The quantitative estimate of drug-likeness (QED) is 0.643. The van der Waals surface area contributed by atoms with Gasteiger partial charge in [-0.05, 0) is 12.1 Å². The first-order chi connectivity index (χ1) is 7.24. The molecule has 76 valence electrons. The van der Waals surface area contributed by atoms with E-state index in [1.54, 1.807) is 18.3 Å². The van der Waals surface area contributed by atoms with Gasteiger partial charge in [-0.1, -0.05) is 23.4 Å². The number of pyridine rings is 1. The minimum Gasteiger partial charge on any atom is -0.301 e. The van der Waals surface area contributed by atoms with Gasteiger partial charge in [0.05, 0.1) is 0 Å². The van der Waals surface area contributed by atoms with E-state index in [9.17, 15) is 4.79 Å². The number of rotatable bonds is 2. The fourth-order valence-electron chi connectivity index (χ4n) is 0.964. The Kier molecular flexibility index (Phi) is 3.03. The zero-order valence-corrected chi connectivity index (χ0v) is 9.05. The summed E-state index contributed by atoms with van der Waals surface area (Å²) in [6.45, 7) is 0. The Morgan fingerprint density at radius 1 is 1.27 bits per heavy atom. The van der Waals surface area contributed by atoms with Crippen molar-refractivity contribution in [1.82, 2.24) is 15.0 Å². The molecule has 4 nitrogen and oxygen atoms in total. The molecule has 2 rings (SSSR count). The molecule has 0 aliphatic carbocycles. The molecular weight excluding hydrogens is 234 g/mol. The molecule has 0 amide bonds. The summed E-state index contributed by atoms with van der Waals surface area (Å²) in [6.07, 6.45) is 3.07. The van der Waals surface area contributed by atoms with Gasteiger partial charge in [0, 0.05) is 23.4 Å². The van der Waals surface area contributed by atoms with Crippen molar-refractivity contribution in [1.29, 1.82) is 0 Å². The predicted molar refractivity (Wildman–Crippen MR) is 58.2 cm³/mol. The van der Waals surface area contributed by atoms with Gasteiger partial charge in [0.2, 0.25) is 0 Å². The molecule has 0 spiro atoms. The van der Waals surface area contributed by atoms with E-state index in [1.165, 1.54) is 24.0 Å². The van der Waals surface area contributed by atoms with Crippen molar-refractivity contribution in [2.75, 3.05) is 0 Å². The Morgan fingerprint density at radius 2 is 2.07 bits per heavy atom. The fraction of sp³-hybridized carbons (Fsp3) is 0. The van der Waals surface area contributed by atoms with Crippen LogP contribution in [-0.2, 0) is 0 Å². The van der Waals surface area contributed by atoms with Crippen molar-refractivity contribution < 1.29 is 0 Å². The first kappa shape index (κ1) is 10.2. The lowest BCUT2D eigenvalue weighted by molar-refractivity contribution is 0.936. The predicted octanol–water partition coefficient (Wildman–Crippen LogP) is 1.97.